The number of ether oxygens (including phenoxy) is 3. The molecule has 3 aromatic carbocycles. The highest BCUT2D eigenvalue weighted by molar-refractivity contribution is 6.31. The van der Waals surface area contributed by atoms with Crippen LogP contribution < -0.4 is 19.5 Å². The summed E-state index contributed by atoms with van der Waals surface area (Å²) in [5.74, 6) is 0.833. The summed E-state index contributed by atoms with van der Waals surface area (Å²) in [5.41, 5.74) is 1.66. The Morgan fingerprint density at radius 3 is 2.11 bits per heavy atom. The van der Waals surface area contributed by atoms with Crippen LogP contribution in [0.15, 0.2) is 72.8 Å². The lowest BCUT2D eigenvalue weighted by molar-refractivity contribution is -0.142. The van der Waals surface area contributed by atoms with Gasteiger partial charge in [-0.3, -0.25) is 9.59 Å². The van der Waals surface area contributed by atoms with E-state index in [2.05, 4.69) is 5.32 Å². The summed E-state index contributed by atoms with van der Waals surface area (Å²) in [6.45, 7) is -0.142. The molecule has 7 nitrogen and oxygen atoms in total. The molecular formula is C27H29ClN2O5. The zero-order valence-electron chi connectivity index (χ0n) is 20.0. The van der Waals surface area contributed by atoms with Gasteiger partial charge in [-0.1, -0.05) is 60.1 Å². The lowest BCUT2D eigenvalue weighted by atomic mass is 10.0. The van der Waals surface area contributed by atoms with Crippen molar-refractivity contribution in [2.75, 3.05) is 27.9 Å². The van der Waals surface area contributed by atoms with Gasteiger partial charge >= 0.3 is 0 Å². The molecular weight excluding hydrogens is 468 g/mol. The van der Waals surface area contributed by atoms with Crippen molar-refractivity contribution < 1.29 is 23.8 Å². The first-order valence-electron chi connectivity index (χ1n) is 11.1. The van der Waals surface area contributed by atoms with E-state index in [0.717, 1.165) is 11.1 Å². The Bertz CT molecular complexity index is 1120. The average molecular weight is 497 g/mol. The summed E-state index contributed by atoms with van der Waals surface area (Å²) in [6, 6.07) is 21.1. The van der Waals surface area contributed by atoms with E-state index in [0.29, 0.717) is 28.7 Å². The quantitative estimate of drug-likeness (QED) is 0.432. The van der Waals surface area contributed by atoms with Crippen LogP contribution in [0, 0.1) is 0 Å². The van der Waals surface area contributed by atoms with Crippen LogP contribution in [0.4, 0.5) is 0 Å². The summed E-state index contributed by atoms with van der Waals surface area (Å²) in [6.07, 6.45) is 0.337. The molecule has 0 saturated heterocycles. The molecule has 0 aliphatic rings. The van der Waals surface area contributed by atoms with Crippen LogP contribution in [0.1, 0.15) is 11.1 Å². The lowest BCUT2D eigenvalue weighted by Gasteiger charge is -2.31. The minimum atomic E-state index is -0.769. The van der Waals surface area contributed by atoms with Gasteiger partial charge in [-0.05, 0) is 17.2 Å². The number of methoxy groups -OCH3 is 2. The van der Waals surface area contributed by atoms with Crippen LogP contribution in [-0.4, -0.2) is 50.6 Å². The maximum absolute atomic E-state index is 13.5. The van der Waals surface area contributed by atoms with Crippen molar-refractivity contribution in [2.24, 2.45) is 0 Å². The van der Waals surface area contributed by atoms with Gasteiger partial charge in [0.2, 0.25) is 5.91 Å². The van der Waals surface area contributed by atoms with Crippen molar-refractivity contribution >= 4 is 23.4 Å². The van der Waals surface area contributed by atoms with Crippen LogP contribution in [-0.2, 0) is 22.6 Å². The normalized spacial score (nSPS) is 11.3. The molecule has 2 amide bonds. The van der Waals surface area contributed by atoms with E-state index in [4.69, 9.17) is 25.8 Å². The molecule has 0 spiro atoms. The smallest absolute Gasteiger partial charge is 0.261 e. The van der Waals surface area contributed by atoms with E-state index in [-0.39, 0.29) is 25.0 Å². The molecule has 8 heteroatoms. The first-order chi connectivity index (χ1) is 16.9. The van der Waals surface area contributed by atoms with E-state index < -0.39 is 6.04 Å². The Balaban J connectivity index is 1.89. The Kier molecular flexibility index (Phi) is 9.38. The molecule has 0 aromatic heterocycles. The van der Waals surface area contributed by atoms with Crippen molar-refractivity contribution in [1.82, 2.24) is 10.2 Å². The minimum absolute atomic E-state index is 0.147. The topological polar surface area (TPSA) is 77.1 Å². The SMILES string of the molecule is CNC(=O)[C@@H](Cc1ccccc1)N(Cc1ccccc1Cl)C(=O)COc1cc(OC)cc(OC)c1. The van der Waals surface area contributed by atoms with Crippen molar-refractivity contribution in [3.8, 4) is 17.2 Å². The number of nitrogens with zero attached hydrogens (tertiary/aromatic N) is 1. The van der Waals surface area contributed by atoms with Gasteiger partial charge in [0.05, 0.1) is 14.2 Å². The second-order valence-corrected chi connectivity index (χ2v) is 8.18. The third kappa shape index (κ3) is 7.13. The molecule has 0 heterocycles. The Labute approximate surface area is 210 Å². The number of carbonyl (C=O) groups is 2. The summed E-state index contributed by atoms with van der Waals surface area (Å²) < 4.78 is 16.3. The monoisotopic (exact) mass is 496 g/mol. The van der Waals surface area contributed by atoms with Crippen LogP contribution in [0.25, 0.3) is 0 Å². The summed E-state index contributed by atoms with van der Waals surface area (Å²) in [5, 5.41) is 3.20. The van der Waals surface area contributed by atoms with Gasteiger partial charge in [0.25, 0.3) is 5.91 Å². The molecule has 1 N–H and O–H groups in total. The molecule has 0 aliphatic heterocycles. The maximum atomic E-state index is 13.5. The van der Waals surface area contributed by atoms with Crippen molar-refractivity contribution in [1.29, 1.82) is 0 Å². The minimum Gasteiger partial charge on any atom is -0.496 e. The van der Waals surface area contributed by atoms with Crippen molar-refractivity contribution in [3.05, 3.63) is 88.9 Å². The number of carbonyl (C=O) groups excluding carboxylic acids is 2. The number of rotatable bonds is 11. The highest BCUT2D eigenvalue weighted by atomic mass is 35.5. The van der Waals surface area contributed by atoms with Crippen molar-refractivity contribution in [2.45, 2.75) is 19.0 Å². The maximum Gasteiger partial charge on any atom is 0.261 e. The lowest BCUT2D eigenvalue weighted by Crippen LogP contribution is -2.51. The Morgan fingerprint density at radius 1 is 0.914 bits per heavy atom. The molecule has 3 aromatic rings. The van der Waals surface area contributed by atoms with E-state index in [1.54, 1.807) is 31.3 Å². The van der Waals surface area contributed by atoms with E-state index >= 15 is 0 Å². The van der Waals surface area contributed by atoms with Gasteiger partial charge < -0.3 is 24.4 Å². The predicted octanol–water partition coefficient (Wildman–Crippen LogP) is 4.12. The second kappa shape index (κ2) is 12.7. The fourth-order valence-corrected chi connectivity index (χ4v) is 3.82. The largest absolute Gasteiger partial charge is 0.496 e. The highest BCUT2D eigenvalue weighted by Gasteiger charge is 2.30. The third-order valence-electron chi connectivity index (χ3n) is 5.50. The van der Waals surface area contributed by atoms with Crippen LogP contribution in [0.3, 0.4) is 0 Å². The summed E-state index contributed by atoms with van der Waals surface area (Å²) >= 11 is 6.39. The molecule has 0 aliphatic carbocycles. The average Bonchev–Trinajstić information content (AvgIpc) is 2.90. The number of hydrogen-bond acceptors (Lipinski definition) is 5. The third-order valence-corrected chi connectivity index (χ3v) is 5.87. The zero-order valence-corrected chi connectivity index (χ0v) is 20.7. The van der Waals surface area contributed by atoms with Gasteiger partial charge in [0.15, 0.2) is 6.61 Å². The number of benzene rings is 3. The number of amides is 2. The molecule has 184 valence electrons. The van der Waals surface area contributed by atoms with E-state index in [1.807, 2.05) is 48.5 Å². The van der Waals surface area contributed by atoms with Crippen LogP contribution in [0.2, 0.25) is 5.02 Å². The summed E-state index contributed by atoms with van der Waals surface area (Å²) in [4.78, 5) is 28.0. The molecule has 0 fully saturated rings. The van der Waals surface area contributed by atoms with Gasteiger partial charge in [-0.25, -0.2) is 0 Å². The van der Waals surface area contributed by atoms with Gasteiger partial charge in [0.1, 0.15) is 23.3 Å². The fourth-order valence-electron chi connectivity index (χ4n) is 3.62. The first kappa shape index (κ1) is 25.9. The Morgan fingerprint density at radius 2 is 1.51 bits per heavy atom. The van der Waals surface area contributed by atoms with Gasteiger partial charge in [-0.15, -0.1) is 0 Å². The number of halogens is 1. The van der Waals surface area contributed by atoms with E-state index in [9.17, 15) is 9.59 Å². The molecule has 0 radical (unpaired) electrons. The summed E-state index contributed by atoms with van der Waals surface area (Å²) in [7, 11) is 4.62. The predicted molar refractivity (Wildman–Crippen MR) is 135 cm³/mol. The molecule has 0 saturated carbocycles. The van der Waals surface area contributed by atoms with Gasteiger partial charge in [0, 0.05) is 43.2 Å². The molecule has 1 atom stereocenters. The number of hydrogen-bond donors (Lipinski definition) is 1. The molecule has 0 bridgehead atoms. The second-order valence-electron chi connectivity index (χ2n) is 7.77. The standard InChI is InChI=1S/C27H29ClN2O5/c1-29-27(32)25(13-19-9-5-4-6-10-19)30(17-20-11-7-8-12-24(20)28)26(31)18-35-23-15-21(33-2)14-22(16-23)34-3/h4-12,14-16,25H,13,17-18H2,1-3H3,(H,29,32)/t25-/m1/s1. The highest BCUT2D eigenvalue weighted by Crippen LogP contribution is 2.28. The number of likely N-dealkylation sites (N-methyl/N-ethyl adjacent to an activating group) is 1. The zero-order chi connectivity index (χ0) is 25.2. The van der Waals surface area contributed by atoms with E-state index in [1.165, 1.54) is 19.1 Å². The van der Waals surface area contributed by atoms with Crippen molar-refractivity contribution in [3.63, 3.8) is 0 Å². The molecule has 3 rings (SSSR count). The molecule has 35 heavy (non-hydrogen) atoms. The molecule has 0 unspecified atom stereocenters. The number of nitrogens with one attached hydrogen (secondary N) is 1. The van der Waals surface area contributed by atoms with Crippen LogP contribution in [0.5, 0.6) is 17.2 Å². The van der Waals surface area contributed by atoms with Gasteiger partial charge in [-0.2, -0.15) is 0 Å². The Hall–Kier alpha value is -3.71. The first-order valence-corrected chi connectivity index (χ1v) is 11.5. The van der Waals surface area contributed by atoms with Crippen LogP contribution >= 0.6 is 11.6 Å². The fraction of sp³-hybridized carbons (Fsp3) is 0.259.